The number of hydrogen-bond donors (Lipinski definition) is 2. The lowest BCUT2D eigenvalue weighted by atomic mass is 9.94. The highest BCUT2D eigenvalue weighted by Crippen LogP contribution is 2.21. The maximum atomic E-state index is 12.0. The first-order chi connectivity index (χ1) is 9.13. The Balaban J connectivity index is 2.75. The highest BCUT2D eigenvalue weighted by atomic mass is 35.5. The van der Waals surface area contributed by atoms with Crippen molar-refractivity contribution in [1.29, 1.82) is 0 Å². The third-order valence-corrected chi connectivity index (χ3v) is 4.53. The molecule has 0 fully saturated rings. The molecule has 0 radical (unpaired) electrons. The third kappa shape index (κ3) is 6.22. The van der Waals surface area contributed by atoms with Crippen LogP contribution in [0.1, 0.15) is 38.8 Å². The SMILES string of the molecule is CC(C)(C)CCS(=O)(=O)NC(CO)c1ccc(Cl)cc1. The van der Waals surface area contributed by atoms with Crippen LogP contribution in [0.2, 0.25) is 5.02 Å². The van der Waals surface area contributed by atoms with Gasteiger partial charge in [-0.25, -0.2) is 13.1 Å². The predicted octanol–water partition coefficient (Wildman–Crippen LogP) is 2.73. The average molecular weight is 320 g/mol. The van der Waals surface area contributed by atoms with Gasteiger partial charge in [0.15, 0.2) is 0 Å². The fourth-order valence-corrected chi connectivity index (χ4v) is 3.39. The van der Waals surface area contributed by atoms with Crippen LogP contribution in [0.25, 0.3) is 0 Å². The summed E-state index contributed by atoms with van der Waals surface area (Å²) >= 11 is 5.79. The van der Waals surface area contributed by atoms with Gasteiger partial charge in [-0.3, -0.25) is 0 Å². The van der Waals surface area contributed by atoms with Crippen molar-refractivity contribution >= 4 is 21.6 Å². The van der Waals surface area contributed by atoms with E-state index >= 15 is 0 Å². The molecular formula is C14H22ClNO3S. The number of rotatable bonds is 6. The van der Waals surface area contributed by atoms with Gasteiger partial charge in [-0.1, -0.05) is 44.5 Å². The molecule has 0 spiro atoms. The maximum Gasteiger partial charge on any atom is 0.212 e. The van der Waals surface area contributed by atoms with E-state index in [0.717, 1.165) is 0 Å². The quantitative estimate of drug-likeness (QED) is 0.847. The molecular weight excluding hydrogens is 298 g/mol. The van der Waals surface area contributed by atoms with Crippen molar-refractivity contribution in [3.05, 3.63) is 34.9 Å². The summed E-state index contributed by atoms with van der Waals surface area (Å²) in [4.78, 5) is 0. The summed E-state index contributed by atoms with van der Waals surface area (Å²) in [6, 6.07) is 6.11. The van der Waals surface area contributed by atoms with Gasteiger partial charge in [0.1, 0.15) is 0 Å². The number of aliphatic hydroxyl groups excluding tert-OH is 1. The van der Waals surface area contributed by atoms with Crippen molar-refractivity contribution in [1.82, 2.24) is 4.72 Å². The van der Waals surface area contributed by atoms with E-state index in [9.17, 15) is 13.5 Å². The minimum absolute atomic E-state index is 0.0423. The van der Waals surface area contributed by atoms with Crippen LogP contribution in [0.15, 0.2) is 24.3 Å². The second kappa shape index (κ2) is 6.89. The molecule has 1 atom stereocenters. The molecule has 6 heteroatoms. The van der Waals surface area contributed by atoms with Gasteiger partial charge in [-0.15, -0.1) is 0 Å². The Morgan fingerprint density at radius 1 is 1.25 bits per heavy atom. The molecule has 2 N–H and O–H groups in total. The van der Waals surface area contributed by atoms with Gasteiger partial charge in [-0.2, -0.15) is 0 Å². The molecule has 1 rings (SSSR count). The molecule has 0 saturated heterocycles. The first-order valence-electron chi connectivity index (χ1n) is 6.49. The molecule has 4 nitrogen and oxygen atoms in total. The molecule has 0 aliphatic rings. The van der Waals surface area contributed by atoms with E-state index in [0.29, 0.717) is 17.0 Å². The smallest absolute Gasteiger partial charge is 0.212 e. The lowest BCUT2D eigenvalue weighted by Crippen LogP contribution is -2.33. The first-order valence-corrected chi connectivity index (χ1v) is 8.52. The van der Waals surface area contributed by atoms with Crippen LogP contribution in [0, 0.1) is 5.41 Å². The molecule has 0 amide bonds. The number of nitrogens with one attached hydrogen (secondary N) is 1. The third-order valence-electron chi connectivity index (χ3n) is 2.90. The van der Waals surface area contributed by atoms with Gasteiger partial charge in [-0.05, 0) is 29.5 Å². The van der Waals surface area contributed by atoms with E-state index in [2.05, 4.69) is 4.72 Å². The topological polar surface area (TPSA) is 66.4 Å². The summed E-state index contributed by atoms with van der Waals surface area (Å²) in [5, 5.41) is 9.95. The Morgan fingerprint density at radius 2 is 1.80 bits per heavy atom. The fraction of sp³-hybridized carbons (Fsp3) is 0.571. The van der Waals surface area contributed by atoms with Crippen LogP contribution in [-0.4, -0.2) is 25.9 Å². The van der Waals surface area contributed by atoms with Gasteiger partial charge in [0.05, 0.1) is 18.4 Å². The summed E-state index contributed by atoms with van der Waals surface area (Å²) in [5.41, 5.74) is 0.639. The molecule has 0 bridgehead atoms. The van der Waals surface area contributed by atoms with Gasteiger partial charge in [0, 0.05) is 5.02 Å². The molecule has 0 aliphatic heterocycles. The zero-order chi connectivity index (χ0) is 15.4. The van der Waals surface area contributed by atoms with E-state index in [1.165, 1.54) is 0 Å². The Kier molecular flexibility index (Phi) is 6.01. The summed E-state index contributed by atoms with van der Waals surface area (Å²) in [6.45, 7) is 5.68. The zero-order valence-corrected chi connectivity index (χ0v) is 13.6. The Hall–Kier alpha value is -0.620. The molecule has 1 aromatic carbocycles. The normalized spacial score (nSPS) is 14.2. The van der Waals surface area contributed by atoms with Crippen molar-refractivity contribution in [3.63, 3.8) is 0 Å². The van der Waals surface area contributed by atoms with E-state index < -0.39 is 16.1 Å². The summed E-state index contributed by atoms with van der Waals surface area (Å²) in [5.74, 6) is 0.0423. The maximum absolute atomic E-state index is 12.0. The summed E-state index contributed by atoms with van der Waals surface area (Å²) in [7, 11) is -3.43. The number of halogens is 1. The summed E-state index contributed by atoms with van der Waals surface area (Å²) < 4.78 is 26.6. The van der Waals surface area contributed by atoms with Gasteiger partial charge in [0.2, 0.25) is 10.0 Å². The molecule has 1 unspecified atom stereocenters. The van der Waals surface area contributed by atoms with Crippen molar-refractivity contribution in [2.24, 2.45) is 5.41 Å². The lowest BCUT2D eigenvalue weighted by Gasteiger charge is -2.20. The van der Waals surface area contributed by atoms with Crippen molar-refractivity contribution in [2.45, 2.75) is 33.2 Å². The van der Waals surface area contributed by atoms with Crippen LogP contribution in [-0.2, 0) is 10.0 Å². The minimum atomic E-state index is -3.43. The van der Waals surface area contributed by atoms with E-state index in [1.54, 1.807) is 24.3 Å². The zero-order valence-electron chi connectivity index (χ0n) is 12.1. The molecule has 114 valence electrons. The monoisotopic (exact) mass is 319 g/mol. The number of benzene rings is 1. The Bertz CT molecular complexity index is 520. The molecule has 1 aromatic rings. The van der Waals surface area contributed by atoms with E-state index in [4.69, 9.17) is 11.6 Å². The van der Waals surface area contributed by atoms with Crippen molar-refractivity contribution in [2.75, 3.05) is 12.4 Å². The van der Waals surface area contributed by atoms with Crippen LogP contribution in [0.5, 0.6) is 0 Å². The van der Waals surface area contributed by atoms with Crippen LogP contribution < -0.4 is 4.72 Å². The van der Waals surface area contributed by atoms with Crippen LogP contribution in [0.4, 0.5) is 0 Å². The van der Waals surface area contributed by atoms with E-state index in [1.807, 2.05) is 20.8 Å². The molecule has 0 aromatic heterocycles. The van der Waals surface area contributed by atoms with Gasteiger partial charge < -0.3 is 5.11 Å². The molecule has 20 heavy (non-hydrogen) atoms. The highest BCUT2D eigenvalue weighted by Gasteiger charge is 2.21. The molecule has 0 aliphatic carbocycles. The predicted molar refractivity (Wildman–Crippen MR) is 82.3 cm³/mol. The Morgan fingerprint density at radius 3 is 2.25 bits per heavy atom. The van der Waals surface area contributed by atoms with Crippen LogP contribution >= 0.6 is 11.6 Å². The van der Waals surface area contributed by atoms with E-state index in [-0.39, 0.29) is 17.8 Å². The minimum Gasteiger partial charge on any atom is -0.394 e. The van der Waals surface area contributed by atoms with Gasteiger partial charge >= 0.3 is 0 Å². The first kappa shape index (κ1) is 17.4. The molecule has 0 saturated carbocycles. The van der Waals surface area contributed by atoms with Gasteiger partial charge in [0.25, 0.3) is 0 Å². The number of hydrogen-bond acceptors (Lipinski definition) is 3. The average Bonchev–Trinajstić information content (AvgIpc) is 2.34. The highest BCUT2D eigenvalue weighted by molar-refractivity contribution is 7.89. The second-order valence-corrected chi connectivity index (χ2v) is 8.34. The number of aliphatic hydroxyl groups is 1. The van der Waals surface area contributed by atoms with Crippen molar-refractivity contribution in [3.8, 4) is 0 Å². The largest absolute Gasteiger partial charge is 0.394 e. The lowest BCUT2D eigenvalue weighted by molar-refractivity contribution is 0.258. The number of sulfonamides is 1. The Labute approximate surface area is 126 Å². The second-order valence-electron chi connectivity index (χ2n) is 6.03. The summed E-state index contributed by atoms with van der Waals surface area (Å²) in [6.07, 6.45) is 0.557. The van der Waals surface area contributed by atoms with Crippen molar-refractivity contribution < 1.29 is 13.5 Å². The van der Waals surface area contributed by atoms with Crippen LogP contribution in [0.3, 0.4) is 0 Å². The fourth-order valence-electron chi connectivity index (χ4n) is 1.62. The molecule has 0 heterocycles. The standard InChI is InChI=1S/C14H22ClNO3S/c1-14(2,3)8-9-20(18,19)16-13(10-17)11-4-6-12(15)7-5-11/h4-7,13,16-17H,8-10H2,1-3H3.